The second-order valence-electron chi connectivity index (χ2n) is 9.03. The first-order valence-electron chi connectivity index (χ1n) is 11.2. The first kappa shape index (κ1) is 25.1. The predicted molar refractivity (Wildman–Crippen MR) is 131 cm³/mol. The second-order valence-corrected chi connectivity index (χ2v) is 12.2. The highest BCUT2D eigenvalue weighted by atomic mass is 32.2. The largest absolute Gasteiger partial charge is 0.352 e. The number of fused-ring (bicyclic) bond motifs is 1. The molecule has 0 radical (unpaired) electrons. The Morgan fingerprint density at radius 3 is 2.51 bits per heavy atom. The van der Waals surface area contributed by atoms with E-state index < -0.39 is 26.8 Å². The molecule has 1 aliphatic rings. The summed E-state index contributed by atoms with van der Waals surface area (Å²) in [4.78, 5) is 37.6. The highest BCUT2D eigenvalue weighted by molar-refractivity contribution is 7.92. The minimum atomic E-state index is -3.97. The molecule has 186 valence electrons. The van der Waals surface area contributed by atoms with Crippen LogP contribution in [0.5, 0.6) is 0 Å². The zero-order chi connectivity index (χ0) is 25.3. The van der Waals surface area contributed by atoms with Gasteiger partial charge in [0.25, 0.3) is 0 Å². The average molecular weight is 520 g/mol. The van der Waals surface area contributed by atoms with Crippen LogP contribution in [0.15, 0.2) is 24.5 Å². The molecular formula is C23H26FN5O4S2. The minimum Gasteiger partial charge on any atom is -0.352 e. The fourth-order valence-corrected chi connectivity index (χ4v) is 7.03. The number of hydrogen-bond donors (Lipinski definition) is 2. The smallest absolute Gasteiger partial charge is 0.245 e. The highest BCUT2D eigenvalue weighted by Gasteiger charge is 2.37. The van der Waals surface area contributed by atoms with E-state index in [1.54, 1.807) is 26.8 Å². The van der Waals surface area contributed by atoms with Gasteiger partial charge in [-0.05, 0) is 31.7 Å². The maximum atomic E-state index is 14.9. The molecule has 35 heavy (non-hydrogen) atoms. The van der Waals surface area contributed by atoms with Crippen LogP contribution in [0.3, 0.4) is 0 Å². The molecule has 9 nitrogen and oxygen atoms in total. The van der Waals surface area contributed by atoms with E-state index in [4.69, 9.17) is 0 Å². The molecule has 1 saturated carbocycles. The monoisotopic (exact) mass is 519 g/mol. The standard InChI is InChI=1S/C23H26FN5O4S2/c1-12(2)11-35(32,33)21(22(31)27-10-20(30)28-15-4-5-15)23-29-18-7-17(24)16(6-19(18)34-23)14-8-25-13(3)26-9-14/h6-9,12,15,21H,4-5,10-11H2,1-3H3,(H,27,31)(H,28,30). The van der Waals surface area contributed by atoms with Crippen molar-refractivity contribution < 1.29 is 22.4 Å². The lowest BCUT2D eigenvalue weighted by Crippen LogP contribution is -2.42. The SMILES string of the molecule is Cc1ncc(-c2cc3sc(C(C(=O)NCC(=O)NC4CC4)S(=O)(=O)CC(C)C)nc3cc2F)cn1. The van der Waals surface area contributed by atoms with Gasteiger partial charge in [0.2, 0.25) is 11.8 Å². The molecular weight excluding hydrogens is 493 g/mol. The Balaban J connectivity index is 1.67. The Labute approximate surface area is 206 Å². The van der Waals surface area contributed by atoms with Crippen LogP contribution in [-0.2, 0) is 19.4 Å². The normalized spacial score (nSPS) is 14.8. The molecule has 3 aromatic rings. The van der Waals surface area contributed by atoms with Crippen LogP contribution >= 0.6 is 11.3 Å². The van der Waals surface area contributed by atoms with Gasteiger partial charge < -0.3 is 10.6 Å². The maximum Gasteiger partial charge on any atom is 0.245 e. The lowest BCUT2D eigenvalue weighted by atomic mass is 10.1. The molecule has 0 spiro atoms. The fraction of sp³-hybridized carbons (Fsp3) is 0.435. The number of rotatable bonds is 9. The number of hydrogen-bond acceptors (Lipinski definition) is 8. The van der Waals surface area contributed by atoms with E-state index in [-0.39, 0.29) is 46.3 Å². The number of aryl methyl sites for hydroxylation is 1. The molecule has 1 unspecified atom stereocenters. The maximum absolute atomic E-state index is 14.9. The molecule has 2 aromatic heterocycles. The van der Waals surface area contributed by atoms with E-state index in [9.17, 15) is 22.4 Å². The summed E-state index contributed by atoms with van der Waals surface area (Å²) in [5.41, 5.74) is 0.951. The van der Waals surface area contributed by atoms with E-state index in [0.29, 0.717) is 16.1 Å². The first-order valence-corrected chi connectivity index (χ1v) is 13.7. The lowest BCUT2D eigenvalue weighted by Gasteiger charge is -2.16. The Morgan fingerprint density at radius 2 is 1.89 bits per heavy atom. The molecule has 0 aliphatic heterocycles. The van der Waals surface area contributed by atoms with Gasteiger partial charge in [-0.25, -0.2) is 27.8 Å². The molecule has 1 fully saturated rings. The van der Waals surface area contributed by atoms with Crippen LogP contribution in [0.2, 0.25) is 0 Å². The third-order valence-corrected chi connectivity index (χ3v) is 8.86. The molecule has 1 aromatic carbocycles. The quantitative estimate of drug-likeness (QED) is 0.444. The highest BCUT2D eigenvalue weighted by Crippen LogP contribution is 2.35. The first-order chi connectivity index (χ1) is 16.5. The van der Waals surface area contributed by atoms with E-state index in [2.05, 4.69) is 25.6 Å². The summed E-state index contributed by atoms with van der Waals surface area (Å²) in [6, 6.07) is 2.87. The van der Waals surface area contributed by atoms with Gasteiger partial charge in [0.05, 0.1) is 22.5 Å². The summed E-state index contributed by atoms with van der Waals surface area (Å²) in [6.45, 7) is 4.86. The van der Waals surface area contributed by atoms with Crippen LogP contribution in [0, 0.1) is 18.7 Å². The van der Waals surface area contributed by atoms with Gasteiger partial charge in [-0.15, -0.1) is 11.3 Å². The molecule has 12 heteroatoms. The van der Waals surface area contributed by atoms with E-state index >= 15 is 0 Å². The van der Waals surface area contributed by atoms with Gasteiger partial charge in [-0.2, -0.15) is 0 Å². The number of carbonyl (C=O) groups excluding carboxylic acids is 2. The molecule has 1 aliphatic carbocycles. The van der Waals surface area contributed by atoms with Gasteiger partial charge in [0, 0.05) is 35.6 Å². The van der Waals surface area contributed by atoms with Crippen molar-refractivity contribution >= 4 is 43.2 Å². The molecule has 2 N–H and O–H groups in total. The average Bonchev–Trinajstić information content (AvgIpc) is 3.49. The van der Waals surface area contributed by atoms with E-state index in [1.807, 2.05) is 0 Å². The molecule has 4 rings (SSSR count). The van der Waals surface area contributed by atoms with Crippen molar-refractivity contribution in [3.63, 3.8) is 0 Å². The van der Waals surface area contributed by atoms with Gasteiger partial charge in [-0.3, -0.25) is 9.59 Å². The zero-order valence-electron chi connectivity index (χ0n) is 19.5. The van der Waals surface area contributed by atoms with Crippen LogP contribution < -0.4 is 10.6 Å². The topological polar surface area (TPSA) is 131 Å². The van der Waals surface area contributed by atoms with Gasteiger partial charge in [-0.1, -0.05) is 13.8 Å². The summed E-state index contributed by atoms with van der Waals surface area (Å²) in [5.74, 6) is -1.70. The van der Waals surface area contributed by atoms with Gasteiger partial charge in [0.1, 0.15) is 16.6 Å². The van der Waals surface area contributed by atoms with Crippen molar-refractivity contribution in [3.05, 3.63) is 41.2 Å². The Hall–Kier alpha value is -2.99. The Morgan fingerprint density at radius 1 is 1.20 bits per heavy atom. The number of thiazole rings is 1. The number of benzene rings is 1. The van der Waals surface area contributed by atoms with E-state index in [1.165, 1.54) is 18.5 Å². The van der Waals surface area contributed by atoms with Crippen LogP contribution in [0.25, 0.3) is 21.3 Å². The van der Waals surface area contributed by atoms with Crippen molar-refractivity contribution in [1.82, 2.24) is 25.6 Å². The molecule has 1 atom stereocenters. The molecule has 2 amide bonds. The van der Waals surface area contributed by atoms with Crippen LogP contribution in [0.4, 0.5) is 4.39 Å². The van der Waals surface area contributed by atoms with E-state index in [0.717, 1.165) is 24.2 Å². The van der Waals surface area contributed by atoms with Crippen molar-refractivity contribution in [3.8, 4) is 11.1 Å². The summed E-state index contributed by atoms with van der Waals surface area (Å²) < 4.78 is 41.8. The number of amides is 2. The Bertz CT molecular complexity index is 1370. The fourth-order valence-electron chi connectivity index (χ4n) is 3.59. The summed E-state index contributed by atoms with van der Waals surface area (Å²) in [5, 5.41) is 3.60. The molecule has 2 heterocycles. The van der Waals surface area contributed by atoms with Crippen molar-refractivity contribution in [1.29, 1.82) is 0 Å². The van der Waals surface area contributed by atoms with Crippen LogP contribution in [0.1, 0.15) is 42.8 Å². The third-order valence-electron chi connectivity index (χ3n) is 5.34. The Kier molecular flexibility index (Phi) is 7.13. The summed E-state index contributed by atoms with van der Waals surface area (Å²) >= 11 is 1.00. The number of nitrogens with one attached hydrogen (secondary N) is 2. The molecule has 0 bridgehead atoms. The second kappa shape index (κ2) is 9.94. The number of carbonyl (C=O) groups is 2. The van der Waals surface area contributed by atoms with Crippen LogP contribution in [-0.4, -0.2) is 53.5 Å². The predicted octanol–water partition coefficient (Wildman–Crippen LogP) is 2.71. The number of halogens is 1. The van der Waals surface area contributed by atoms with Gasteiger partial charge >= 0.3 is 0 Å². The van der Waals surface area contributed by atoms with Crippen molar-refractivity contribution in [2.75, 3.05) is 12.3 Å². The number of sulfone groups is 1. The zero-order valence-corrected chi connectivity index (χ0v) is 21.2. The minimum absolute atomic E-state index is 0.0254. The summed E-state index contributed by atoms with van der Waals surface area (Å²) in [6.07, 6.45) is 4.79. The van der Waals surface area contributed by atoms with Crippen molar-refractivity contribution in [2.24, 2.45) is 5.92 Å². The number of aromatic nitrogens is 3. The number of nitrogens with zero attached hydrogens (tertiary/aromatic N) is 3. The summed E-state index contributed by atoms with van der Waals surface area (Å²) in [7, 11) is -3.97. The molecule has 0 saturated heterocycles. The third kappa shape index (κ3) is 5.99. The lowest BCUT2D eigenvalue weighted by molar-refractivity contribution is -0.126. The van der Waals surface area contributed by atoms with Gasteiger partial charge in [0.15, 0.2) is 15.1 Å². The van der Waals surface area contributed by atoms with Crippen molar-refractivity contribution in [2.45, 2.75) is 44.9 Å².